The first-order valence-corrected chi connectivity index (χ1v) is 5.85. The zero-order valence-electron chi connectivity index (χ0n) is 9.83. The average Bonchev–Trinajstić information content (AvgIpc) is 2.37. The highest BCUT2D eigenvalue weighted by molar-refractivity contribution is 5.13. The van der Waals surface area contributed by atoms with Gasteiger partial charge in [0.15, 0.2) is 6.29 Å². The molecular formula is C13H20O4. The second-order valence-corrected chi connectivity index (χ2v) is 4.02. The van der Waals surface area contributed by atoms with Crippen molar-refractivity contribution in [3.8, 4) is 0 Å². The fraction of sp³-hybridized carbons (Fsp3) is 0.538. The maximum atomic E-state index is 9.53. The molecule has 17 heavy (non-hydrogen) atoms. The second-order valence-electron chi connectivity index (χ2n) is 4.02. The summed E-state index contributed by atoms with van der Waals surface area (Å²) in [6.07, 6.45) is 0.0431. The molecule has 0 spiro atoms. The minimum atomic E-state index is -0.818. The molecule has 0 aliphatic rings. The highest BCUT2D eigenvalue weighted by atomic mass is 16.6. The molecule has 1 aromatic rings. The van der Waals surface area contributed by atoms with Gasteiger partial charge in [-0.25, -0.2) is 0 Å². The summed E-state index contributed by atoms with van der Waals surface area (Å²) in [5.41, 5.74) is 1.02. The van der Waals surface area contributed by atoms with E-state index in [1.807, 2.05) is 30.3 Å². The summed E-state index contributed by atoms with van der Waals surface area (Å²) < 4.78 is 5.25. The molecule has 3 N–H and O–H groups in total. The van der Waals surface area contributed by atoms with Crippen LogP contribution in [0.5, 0.6) is 0 Å². The van der Waals surface area contributed by atoms with Gasteiger partial charge < -0.3 is 20.1 Å². The Morgan fingerprint density at radius 3 is 2.41 bits per heavy atom. The minimum Gasteiger partial charge on any atom is -0.394 e. The summed E-state index contributed by atoms with van der Waals surface area (Å²) in [5, 5.41) is 27.2. The van der Waals surface area contributed by atoms with Crippen LogP contribution in [0.3, 0.4) is 0 Å². The van der Waals surface area contributed by atoms with Gasteiger partial charge >= 0.3 is 0 Å². The van der Waals surface area contributed by atoms with Crippen LogP contribution in [-0.4, -0.2) is 34.3 Å². The maximum Gasteiger partial charge on any atom is 0.154 e. The Balaban J connectivity index is 2.11. The maximum absolute atomic E-state index is 9.53. The standard InChI is InChI=1S/C13H20O4/c14-9-12(15)7-4-8-13(16)17-10-11-5-2-1-3-6-11/h1-3,5-6,12-16H,4,7-10H2. The molecular weight excluding hydrogens is 220 g/mol. The van der Waals surface area contributed by atoms with Gasteiger partial charge in [0.25, 0.3) is 0 Å². The van der Waals surface area contributed by atoms with E-state index in [9.17, 15) is 5.11 Å². The van der Waals surface area contributed by atoms with Gasteiger partial charge in [-0.3, -0.25) is 0 Å². The van der Waals surface area contributed by atoms with E-state index in [4.69, 9.17) is 14.9 Å². The number of aliphatic hydroxyl groups is 3. The van der Waals surface area contributed by atoms with Crippen molar-refractivity contribution in [3.05, 3.63) is 35.9 Å². The molecule has 2 atom stereocenters. The van der Waals surface area contributed by atoms with Gasteiger partial charge in [-0.1, -0.05) is 30.3 Å². The highest BCUT2D eigenvalue weighted by Crippen LogP contribution is 2.08. The smallest absolute Gasteiger partial charge is 0.154 e. The molecule has 0 fully saturated rings. The van der Waals surface area contributed by atoms with Crippen molar-refractivity contribution < 1.29 is 20.1 Å². The largest absolute Gasteiger partial charge is 0.394 e. The van der Waals surface area contributed by atoms with E-state index in [1.54, 1.807) is 0 Å². The lowest BCUT2D eigenvalue weighted by Gasteiger charge is -2.13. The van der Waals surface area contributed by atoms with Gasteiger partial charge in [0.2, 0.25) is 0 Å². The fourth-order valence-electron chi connectivity index (χ4n) is 1.47. The van der Waals surface area contributed by atoms with Gasteiger partial charge in [-0.2, -0.15) is 0 Å². The lowest BCUT2D eigenvalue weighted by atomic mass is 10.1. The highest BCUT2D eigenvalue weighted by Gasteiger charge is 2.07. The molecule has 0 amide bonds. The van der Waals surface area contributed by atoms with Crippen LogP contribution in [0, 0.1) is 0 Å². The third-order valence-corrected chi connectivity index (χ3v) is 2.48. The summed E-state index contributed by atoms with van der Waals surface area (Å²) in [6, 6.07) is 9.63. The zero-order valence-corrected chi connectivity index (χ0v) is 9.83. The van der Waals surface area contributed by atoms with Crippen LogP contribution in [0.4, 0.5) is 0 Å². The fourth-order valence-corrected chi connectivity index (χ4v) is 1.47. The van der Waals surface area contributed by atoms with E-state index in [0.29, 0.717) is 25.9 Å². The molecule has 0 heterocycles. The van der Waals surface area contributed by atoms with E-state index in [1.165, 1.54) is 0 Å². The van der Waals surface area contributed by atoms with Crippen molar-refractivity contribution in [3.63, 3.8) is 0 Å². The van der Waals surface area contributed by atoms with E-state index in [-0.39, 0.29) is 6.61 Å². The number of ether oxygens (including phenoxy) is 1. The summed E-state index contributed by atoms with van der Waals surface area (Å²) in [5.74, 6) is 0. The van der Waals surface area contributed by atoms with Gasteiger partial charge in [-0.15, -0.1) is 0 Å². The van der Waals surface area contributed by atoms with Crippen LogP contribution in [0.2, 0.25) is 0 Å². The van der Waals surface area contributed by atoms with Crippen molar-refractivity contribution in [2.24, 2.45) is 0 Å². The predicted octanol–water partition coefficient (Wildman–Crippen LogP) is 1.05. The molecule has 0 aliphatic heterocycles. The molecule has 1 rings (SSSR count). The van der Waals surface area contributed by atoms with Crippen molar-refractivity contribution >= 4 is 0 Å². The quantitative estimate of drug-likeness (QED) is 0.594. The van der Waals surface area contributed by atoms with Crippen LogP contribution >= 0.6 is 0 Å². The van der Waals surface area contributed by atoms with Crippen LogP contribution < -0.4 is 0 Å². The Morgan fingerprint density at radius 1 is 1.06 bits per heavy atom. The summed E-state index contributed by atoms with van der Waals surface area (Å²) in [7, 11) is 0. The number of hydrogen-bond donors (Lipinski definition) is 3. The van der Waals surface area contributed by atoms with Gasteiger partial charge in [0.05, 0.1) is 19.3 Å². The van der Waals surface area contributed by atoms with E-state index in [2.05, 4.69) is 0 Å². The summed E-state index contributed by atoms with van der Waals surface area (Å²) in [4.78, 5) is 0. The summed E-state index contributed by atoms with van der Waals surface area (Å²) >= 11 is 0. The molecule has 1 aromatic carbocycles. The third-order valence-electron chi connectivity index (χ3n) is 2.48. The van der Waals surface area contributed by atoms with E-state index >= 15 is 0 Å². The van der Waals surface area contributed by atoms with E-state index in [0.717, 1.165) is 5.56 Å². The minimum absolute atomic E-state index is 0.235. The Bertz CT molecular complexity index is 289. The first-order chi connectivity index (χ1) is 8.22. The van der Waals surface area contributed by atoms with Crippen LogP contribution in [0.25, 0.3) is 0 Å². The van der Waals surface area contributed by atoms with Gasteiger partial charge in [0.1, 0.15) is 0 Å². The first kappa shape index (κ1) is 14.1. The molecule has 0 bridgehead atoms. The molecule has 0 saturated carbocycles. The second kappa shape index (κ2) is 8.20. The van der Waals surface area contributed by atoms with Crippen molar-refractivity contribution in [1.82, 2.24) is 0 Å². The van der Waals surface area contributed by atoms with Crippen molar-refractivity contribution in [1.29, 1.82) is 0 Å². The average molecular weight is 240 g/mol. The van der Waals surface area contributed by atoms with Crippen molar-refractivity contribution in [2.75, 3.05) is 6.61 Å². The number of benzene rings is 1. The molecule has 0 saturated heterocycles. The third kappa shape index (κ3) is 6.38. The Hall–Kier alpha value is -0.940. The van der Waals surface area contributed by atoms with Crippen LogP contribution in [-0.2, 0) is 11.3 Å². The first-order valence-electron chi connectivity index (χ1n) is 5.85. The monoisotopic (exact) mass is 240 g/mol. The molecule has 0 radical (unpaired) electrons. The van der Waals surface area contributed by atoms with Gasteiger partial charge in [-0.05, 0) is 24.8 Å². The molecule has 0 aromatic heterocycles. The Morgan fingerprint density at radius 2 is 1.76 bits per heavy atom. The summed E-state index contributed by atoms with van der Waals surface area (Å²) in [6.45, 7) is 0.144. The lowest BCUT2D eigenvalue weighted by Crippen LogP contribution is -2.15. The number of rotatable bonds is 8. The molecule has 0 aliphatic carbocycles. The molecule has 2 unspecified atom stereocenters. The molecule has 96 valence electrons. The van der Waals surface area contributed by atoms with Crippen LogP contribution in [0.1, 0.15) is 24.8 Å². The number of aliphatic hydroxyl groups excluding tert-OH is 3. The Labute approximate surface area is 101 Å². The SMILES string of the molecule is OCC(O)CCCC(O)OCc1ccccc1. The normalized spacial score (nSPS) is 14.5. The van der Waals surface area contributed by atoms with Gasteiger partial charge in [0, 0.05) is 0 Å². The van der Waals surface area contributed by atoms with E-state index < -0.39 is 12.4 Å². The number of hydrogen-bond acceptors (Lipinski definition) is 4. The lowest BCUT2D eigenvalue weighted by molar-refractivity contribution is -0.113. The molecule has 4 heteroatoms. The zero-order chi connectivity index (χ0) is 12.5. The molecule has 4 nitrogen and oxygen atoms in total. The predicted molar refractivity (Wildman–Crippen MR) is 64.2 cm³/mol. The Kier molecular flexibility index (Phi) is 6.81. The topological polar surface area (TPSA) is 69.9 Å². The van der Waals surface area contributed by atoms with Crippen molar-refractivity contribution in [2.45, 2.75) is 38.3 Å². The van der Waals surface area contributed by atoms with Crippen LogP contribution in [0.15, 0.2) is 30.3 Å².